The molecule has 0 N–H and O–H groups in total. The Morgan fingerprint density at radius 2 is 1.22 bits per heavy atom. The van der Waals surface area contributed by atoms with Gasteiger partial charge in [0.15, 0.2) is 0 Å². The second-order valence-electron chi connectivity index (χ2n) is 6.66. The summed E-state index contributed by atoms with van der Waals surface area (Å²) in [5, 5.41) is 0. The van der Waals surface area contributed by atoms with Crippen LogP contribution < -0.4 is 24.2 Å². The van der Waals surface area contributed by atoms with Gasteiger partial charge in [-0.1, -0.05) is 0 Å². The molecule has 0 bridgehead atoms. The summed E-state index contributed by atoms with van der Waals surface area (Å²) in [7, 11) is 3.19. The second kappa shape index (κ2) is 7.81. The Labute approximate surface area is 159 Å². The molecule has 2 saturated heterocycles. The van der Waals surface area contributed by atoms with Crippen LogP contribution in [0.15, 0.2) is 18.5 Å². The van der Waals surface area contributed by atoms with E-state index in [1.54, 1.807) is 26.6 Å². The number of piperazine rings is 1. The van der Waals surface area contributed by atoms with Crippen molar-refractivity contribution in [1.82, 2.24) is 19.9 Å². The lowest BCUT2D eigenvalue weighted by Crippen LogP contribution is -2.47. The molecule has 9 heteroatoms. The molecule has 0 amide bonds. The number of nitrogens with zero attached hydrogens (tertiary/aromatic N) is 7. The van der Waals surface area contributed by atoms with Crippen LogP contribution in [-0.2, 0) is 0 Å². The zero-order valence-corrected chi connectivity index (χ0v) is 15.8. The zero-order valence-electron chi connectivity index (χ0n) is 15.8. The molecule has 0 spiro atoms. The molecule has 2 aromatic heterocycles. The standard InChI is InChI=1S/C18H25N7O2/c1-26-16-12-17(27-2)22-18(21-16)25-9-7-24(8-10-25)15-11-14(19-13-20-15)23-5-3-4-6-23/h11-13H,3-10H2,1-2H3. The molecule has 4 heterocycles. The van der Waals surface area contributed by atoms with E-state index >= 15 is 0 Å². The van der Waals surface area contributed by atoms with Gasteiger partial charge in [0.25, 0.3) is 0 Å². The molecule has 0 radical (unpaired) electrons. The fourth-order valence-corrected chi connectivity index (χ4v) is 3.51. The molecule has 0 unspecified atom stereocenters. The monoisotopic (exact) mass is 371 g/mol. The van der Waals surface area contributed by atoms with Crippen LogP contribution in [0, 0.1) is 0 Å². The summed E-state index contributed by atoms with van der Waals surface area (Å²) < 4.78 is 10.5. The van der Waals surface area contributed by atoms with Crippen molar-refractivity contribution in [3.8, 4) is 11.8 Å². The van der Waals surface area contributed by atoms with Gasteiger partial charge in [-0.3, -0.25) is 0 Å². The van der Waals surface area contributed by atoms with Crippen LogP contribution in [0.25, 0.3) is 0 Å². The first-order valence-electron chi connectivity index (χ1n) is 9.31. The highest BCUT2D eigenvalue weighted by atomic mass is 16.5. The summed E-state index contributed by atoms with van der Waals surface area (Å²) >= 11 is 0. The van der Waals surface area contributed by atoms with Crippen LogP contribution in [0.4, 0.5) is 17.6 Å². The van der Waals surface area contributed by atoms with E-state index in [4.69, 9.17) is 9.47 Å². The van der Waals surface area contributed by atoms with Gasteiger partial charge in [-0.25, -0.2) is 9.97 Å². The van der Waals surface area contributed by atoms with Crippen LogP contribution in [0.1, 0.15) is 12.8 Å². The number of anilines is 3. The van der Waals surface area contributed by atoms with Gasteiger partial charge in [0.05, 0.1) is 20.3 Å². The van der Waals surface area contributed by atoms with Crippen LogP contribution in [0.5, 0.6) is 11.8 Å². The lowest BCUT2D eigenvalue weighted by molar-refractivity contribution is 0.371. The molecule has 9 nitrogen and oxygen atoms in total. The van der Waals surface area contributed by atoms with E-state index in [9.17, 15) is 0 Å². The van der Waals surface area contributed by atoms with Gasteiger partial charge in [0, 0.05) is 45.3 Å². The molecule has 144 valence electrons. The molecule has 0 atom stereocenters. The van der Waals surface area contributed by atoms with Gasteiger partial charge in [-0.2, -0.15) is 9.97 Å². The van der Waals surface area contributed by atoms with Crippen molar-refractivity contribution in [2.45, 2.75) is 12.8 Å². The topological polar surface area (TPSA) is 79.7 Å². The highest BCUT2D eigenvalue weighted by Gasteiger charge is 2.22. The molecule has 27 heavy (non-hydrogen) atoms. The Morgan fingerprint density at radius 3 is 1.78 bits per heavy atom. The maximum Gasteiger partial charge on any atom is 0.232 e. The largest absolute Gasteiger partial charge is 0.481 e. The molecule has 2 aromatic rings. The van der Waals surface area contributed by atoms with Gasteiger partial charge >= 0.3 is 0 Å². The minimum absolute atomic E-state index is 0.505. The van der Waals surface area contributed by atoms with E-state index in [1.165, 1.54) is 12.8 Å². The summed E-state index contributed by atoms with van der Waals surface area (Å²) in [6, 6.07) is 3.78. The van der Waals surface area contributed by atoms with E-state index in [-0.39, 0.29) is 0 Å². The average Bonchev–Trinajstić information content (AvgIpc) is 3.28. The third-order valence-electron chi connectivity index (χ3n) is 5.04. The first-order valence-corrected chi connectivity index (χ1v) is 9.31. The van der Waals surface area contributed by atoms with E-state index < -0.39 is 0 Å². The van der Waals surface area contributed by atoms with Gasteiger partial charge in [-0.15, -0.1) is 0 Å². The minimum Gasteiger partial charge on any atom is -0.481 e. The number of hydrogen-bond donors (Lipinski definition) is 0. The van der Waals surface area contributed by atoms with Crippen molar-refractivity contribution in [2.24, 2.45) is 0 Å². The smallest absolute Gasteiger partial charge is 0.232 e. The third-order valence-corrected chi connectivity index (χ3v) is 5.04. The Bertz CT molecular complexity index is 752. The quantitative estimate of drug-likeness (QED) is 0.770. The molecule has 0 saturated carbocycles. The molecular formula is C18H25N7O2. The first kappa shape index (κ1) is 17.6. The maximum atomic E-state index is 5.25. The van der Waals surface area contributed by atoms with Crippen molar-refractivity contribution in [2.75, 3.05) is 68.2 Å². The van der Waals surface area contributed by atoms with Crippen LogP contribution >= 0.6 is 0 Å². The molecule has 2 aliphatic heterocycles. The van der Waals surface area contributed by atoms with Crippen molar-refractivity contribution in [3.05, 3.63) is 18.5 Å². The van der Waals surface area contributed by atoms with Gasteiger partial charge in [0.2, 0.25) is 17.7 Å². The lowest BCUT2D eigenvalue weighted by Gasteiger charge is -2.35. The fraction of sp³-hybridized carbons (Fsp3) is 0.556. The summed E-state index contributed by atoms with van der Waals surface area (Å²) in [6.07, 6.45) is 4.15. The summed E-state index contributed by atoms with van der Waals surface area (Å²) in [6.45, 7) is 5.47. The third kappa shape index (κ3) is 3.81. The average molecular weight is 371 g/mol. The van der Waals surface area contributed by atoms with E-state index in [2.05, 4.69) is 40.7 Å². The van der Waals surface area contributed by atoms with Crippen molar-refractivity contribution in [3.63, 3.8) is 0 Å². The van der Waals surface area contributed by atoms with Crippen molar-refractivity contribution < 1.29 is 9.47 Å². The maximum absolute atomic E-state index is 5.25. The molecule has 0 aliphatic carbocycles. The normalized spacial score (nSPS) is 17.3. The van der Waals surface area contributed by atoms with E-state index in [0.29, 0.717) is 17.7 Å². The predicted molar refractivity (Wildman–Crippen MR) is 103 cm³/mol. The van der Waals surface area contributed by atoms with E-state index in [0.717, 1.165) is 50.9 Å². The zero-order chi connectivity index (χ0) is 18.6. The Balaban J connectivity index is 1.44. The number of ether oxygens (including phenoxy) is 2. The summed E-state index contributed by atoms with van der Waals surface area (Å²) in [5.41, 5.74) is 0. The lowest BCUT2D eigenvalue weighted by atomic mass is 10.3. The van der Waals surface area contributed by atoms with Gasteiger partial charge in [-0.05, 0) is 12.8 Å². The Morgan fingerprint density at radius 1 is 0.704 bits per heavy atom. The highest BCUT2D eigenvalue weighted by molar-refractivity contribution is 5.52. The molecule has 2 aliphatic rings. The van der Waals surface area contributed by atoms with Crippen molar-refractivity contribution >= 4 is 17.6 Å². The Kier molecular flexibility index (Phi) is 5.08. The van der Waals surface area contributed by atoms with Crippen LogP contribution in [0.3, 0.4) is 0 Å². The Hall–Kier alpha value is -2.84. The van der Waals surface area contributed by atoms with E-state index in [1.807, 2.05) is 0 Å². The minimum atomic E-state index is 0.505. The summed E-state index contributed by atoms with van der Waals surface area (Å²) in [5.74, 6) is 3.65. The SMILES string of the molecule is COc1cc(OC)nc(N2CCN(c3cc(N4CCCC4)ncn3)CC2)n1. The molecule has 0 aromatic carbocycles. The predicted octanol–water partition coefficient (Wildman–Crippen LogP) is 1.21. The molecular weight excluding hydrogens is 346 g/mol. The molecule has 4 rings (SSSR count). The second-order valence-corrected chi connectivity index (χ2v) is 6.66. The summed E-state index contributed by atoms with van der Waals surface area (Å²) in [4.78, 5) is 24.6. The van der Waals surface area contributed by atoms with Crippen LogP contribution in [-0.4, -0.2) is 73.4 Å². The highest BCUT2D eigenvalue weighted by Crippen LogP contribution is 2.24. The van der Waals surface area contributed by atoms with Crippen LogP contribution in [0.2, 0.25) is 0 Å². The van der Waals surface area contributed by atoms with Gasteiger partial charge < -0.3 is 24.2 Å². The molecule has 2 fully saturated rings. The fourth-order valence-electron chi connectivity index (χ4n) is 3.51. The number of hydrogen-bond acceptors (Lipinski definition) is 9. The number of rotatable bonds is 5. The first-order chi connectivity index (χ1) is 13.3. The van der Waals surface area contributed by atoms with Gasteiger partial charge in [0.1, 0.15) is 18.0 Å². The number of methoxy groups -OCH3 is 2. The van der Waals surface area contributed by atoms with Crippen molar-refractivity contribution in [1.29, 1.82) is 0 Å². The number of aromatic nitrogens is 4.